The fraction of sp³-hybridized carbons (Fsp3) is 0.207. The minimum absolute atomic E-state index is 0.0173. The highest BCUT2D eigenvalue weighted by Gasteiger charge is 2.42. The number of hydrogen-bond donors (Lipinski definition) is 0. The van der Waals surface area contributed by atoms with Crippen LogP contribution in [0.1, 0.15) is 22.9 Å². The maximum atomic E-state index is 11.3. The molecule has 0 saturated carbocycles. The Balaban J connectivity index is 1.48. The normalized spacial score (nSPS) is 17.9. The second-order valence-corrected chi connectivity index (χ2v) is 10.2. The summed E-state index contributed by atoms with van der Waals surface area (Å²) < 4.78 is 7.40. The standard InChI is InChI=1S/C29H24ClN7O3/c1-18-25-26(19-6-8-20(30)9-7-19)35-24-5-3-2-4-23(24)31-28(34-14-16-40-17-15-34)29(35)32-27(25)36(33-18)21-10-12-22(13-11-21)37(38)39/h2-13,26H,14-17H2,1H3. The molecule has 40 heavy (non-hydrogen) atoms. The molecule has 10 nitrogen and oxygen atoms in total. The molecule has 7 rings (SSSR count). The first-order chi connectivity index (χ1) is 19.5. The lowest BCUT2D eigenvalue weighted by Gasteiger charge is -2.43. The number of halogens is 1. The van der Waals surface area contributed by atoms with Crippen LogP contribution in [0.4, 0.5) is 22.9 Å². The van der Waals surface area contributed by atoms with Gasteiger partial charge in [0.15, 0.2) is 17.5 Å². The number of ether oxygens (including phenoxy) is 1. The number of benzene rings is 3. The average Bonchev–Trinajstić information content (AvgIpc) is 3.32. The predicted molar refractivity (Wildman–Crippen MR) is 154 cm³/mol. The van der Waals surface area contributed by atoms with E-state index >= 15 is 0 Å². The van der Waals surface area contributed by atoms with Crippen LogP contribution in [0.2, 0.25) is 5.02 Å². The van der Waals surface area contributed by atoms with Crippen molar-refractivity contribution in [2.45, 2.75) is 13.0 Å². The summed E-state index contributed by atoms with van der Waals surface area (Å²) in [5.41, 5.74) is 5.30. The number of nitro benzene ring substituents is 1. The molecular formula is C29H24ClN7O3. The largest absolute Gasteiger partial charge is 0.378 e. The predicted octanol–water partition coefficient (Wildman–Crippen LogP) is 5.76. The Kier molecular flexibility index (Phi) is 5.87. The molecule has 0 aliphatic carbocycles. The molecule has 1 atom stereocenters. The first-order valence-electron chi connectivity index (χ1n) is 13.0. The first kappa shape index (κ1) is 24.5. The van der Waals surface area contributed by atoms with Gasteiger partial charge < -0.3 is 14.5 Å². The van der Waals surface area contributed by atoms with Crippen LogP contribution >= 0.6 is 11.6 Å². The number of anilines is 1. The Hall–Kier alpha value is -4.54. The molecule has 11 heteroatoms. The van der Waals surface area contributed by atoms with Gasteiger partial charge in [-0.05, 0) is 48.9 Å². The second kappa shape index (κ2) is 9.58. The molecule has 0 radical (unpaired) electrons. The molecule has 1 aromatic heterocycles. The Morgan fingerprint density at radius 2 is 1.68 bits per heavy atom. The number of nitrogens with zero attached hydrogens (tertiary/aromatic N) is 7. The quantitative estimate of drug-likeness (QED) is 0.236. The smallest absolute Gasteiger partial charge is 0.269 e. The van der Waals surface area contributed by atoms with E-state index in [-0.39, 0.29) is 11.7 Å². The summed E-state index contributed by atoms with van der Waals surface area (Å²) in [6.45, 7) is 4.59. The number of non-ortho nitro benzene ring substituents is 1. The minimum Gasteiger partial charge on any atom is -0.378 e. The summed E-state index contributed by atoms with van der Waals surface area (Å²) in [5, 5.41) is 16.8. The number of aliphatic imine (C=N–C) groups is 2. The average molecular weight is 554 g/mol. The number of morpholine rings is 1. The van der Waals surface area contributed by atoms with Gasteiger partial charge in [0.1, 0.15) is 0 Å². The zero-order valence-electron chi connectivity index (χ0n) is 21.6. The maximum absolute atomic E-state index is 11.3. The molecule has 1 unspecified atom stereocenters. The molecule has 1 fully saturated rings. The lowest BCUT2D eigenvalue weighted by Crippen LogP contribution is -2.52. The van der Waals surface area contributed by atoms with Crippen molar-refractivity contribution >= 4 is 46.2 Å². The molecule has 0 amide bonds. The molecule has 4 aromatic rings. The van der Waals surface area contributed by atoms with Gasteiger partial charge in [0.2, 0.25) is 0 Å². The Morgan fingerprint density at radius 1 is 0.950 bits per heavy atom. The van der Waals surface area contributed by atoms with Crippen LogP contribution in [-0.2, 0) is 4.74 Å². The van der Waals surface area contributed by atoms with Gasteiger partial charge in [-0.3, -0.25) is 10.1 Å². The van der Waals surface area contributed by atoms with Gasteiger partial charge >= 0.3 is 0 Å². The summed E-state index contributed by atoms with van der Waals surface area (Å²) in [7, 11) is 0. The molecule has 3 aliphatic rings. The van der Waals surface area contributed by atoms with E-state index in [1.165, 1.54) is 12.1 Å². The lowest BCUT2D eigenvalue weighted by molar-refractivity contribution is -0.384. The Morgan fingerprint density at radius 3 is 2.40 bits per heavy atom. The van der Waals surface area contributed by atoms with Gasteiger partial charge in [-0.15, -0.1) is 0 Å². The summed E-state index contributed by atoms with van der Waals surface area (Å²) in [5.74, 6) is 2.16. The minimum atomic E-state index is -0.410. The maximum Gasteiger partial charge on any atom is 0.269 e. The van der Waals surface area contributed by atoms with E-state index in [4.69, 9.17) is 31.4 Å². The van der Waals surface area contributed by atoms with Crippen molar-refractivity contribution in [3.63, 3.8) is 0 Å². The van der Waals surface area contributed by atoms with E-state index in [1.807, 2.05) is 49.4 Å². The number of aryl methyl sites for hydroxylation is 1. The number of fused-ring (bicyclic) bond motifs is 4. The van der Waals surface area contributed by atoms with Crippen molar-refractivity contribution in [3.8, 4) is 5.69 Å². The monoisotopic (exact) mass is 553 g/mol. The Labute approximate surface area is 234 Å². The topological polar surface area (TPSA) is 101 Å². The molecule has 3 aliphatic heterocycles. The van der Waals surface area contributed by atoms with E-state index in [0.29, 0.717) is 42.8 Å². The Bertz CT molecular complexity index is 1690. The zero-order chi connectivity index (χ0) is 27.4. The van der Waals surface area contributed by atoms with Crippen LogP contribution in [0.25, 0.3) is 5.69 Å². The number of amidine groups is 2. The van der Waals surface area contributed by atoms with E-state index in [0.717, 1.165) is 39.9 Å². The van der Waals surface area contributed by atoms with E-state index < -0.39 is 4.92 Å². The van der Waals surface area contributed by atoms with Crippen molar-refractivity contribution in [1.82, 2.24) is 14.7 Å². The van der Waals surface area contributed by atoms with Crippen LogP contribution in [-0.4, -0.2) is 57.6 Å². The number of nitro groups is 1. The van der Waals surface area contributed by atoms with Crippen LogP contribution in [0.5, 0.6) is 0 Å². The van der Waals surface area contributed by atoms with Crippen molar-refractivity contribution in [3.05, 3.63) is 105 Å². The molecule has 0 N–H and O–H groups in total. The fourth-order valence-electron chi connectivity index (χ4n) is 5.54. The molecule has 200 valence electrons. The highest BCUT2D eigenvalue weighted by Crippen LogP contribution is 2.48. The second-order valence-electron chi connectivity index (χ2n) is 9.79. The zero-order valence-corrected chi connectivity index (χ0v) is 22.3. The van der Waals surface area contributed by atoms with Crippen molar-refractivity contribution in [2.75, 3.05) is 31.2 Å². The SMILES string of the molecule is Cc1nn(-c2ccc([N+](=O)[O-])cc2)c2c1C(c1ccc(Cl)cc1)N1C(=N2)C(N2CCOCC2)=Nc2ccccc21. The molecule has 0 spiro atoms. The fourth-order valence-corrected chi connectivity index (χ4v) is 5.67. The van der Waals surface area contributed by atoms with Gasteiger partial charge in [0.25, 0.3) is 5.69 Å². The van der Waals surface area contributed by atoms with Crippen molar-refractivity contribution in [1.29, 1.82) is 0 Å². The van der Waals surface area contributed by atoms with Gasteiger partial charge in [-0.2, -0.15) is 5.10 Å². The van der Waals surface area contributed by atoms with Crippen molar-refractivity contribution < 1.29 is 9.66 Å². The number of aromatic nitrogens is 2. The molecule has 4 heterocycles. The van der Waals surface area contributed by atoms with E-state index in [2.05, 4.69) is 15.9 Å². The van der Waals surface area contributed by atoms with Crippen LogP contribution in [0, 0.1) is 17.0 Å². The summed E-state index contributed by atoms with van der Waals surface area (Å²) in [4.78, 5) is 25.7. The van der Waals surface area contributed by atoms with Gasteiger partial charge in [-0.25, -0.2) is 14.7 Å². The highest BCUT2D eigenvalue weighted by atomic mass is 35.5. The third-order valence-electron chi connectivity index (χ3n) is 7.42. The third-order valence-corrected chi connectivity index (χ3v) is 7.67. The van der Waals surface area contributed by atoms with Gasteiger partial charge in [-0.1, -0.05) is 35.9 Å². The molecule has 3 aromatic carbocycles. The van der Waals surface area contributed by atoms with E-state index in [1.54, 1.807) is 16.8 Å². The van der Waals surface area contributed by atoms with Gasteiger partial charge in [0, 0.05) is 35.8 Å². The first-order valence-corrected chi connectivity index (χ1v) is 13.4. The number of rotatable bonds is 3. The van der Waals surface area contributed by atoms with Crippen LogP contribution in [0.3, 0.4) is 0 Å². The summed E-state index contributed by atoms with van der Waals surface area (Å²) in [6, 6.07) is 22.0. The molecular weight excluding hydrogens is 530 g/mol. The lowest BCUT2D eigenvalue weighted by atomic mass is 9.93. The summed E-state index contributed by atoms with van der Waals surface area (Å²) >= 11 is 6.31. The number of para-hydroxylation sites is 2. The third kappa shape index (κ3) is 3.95. The van der Waals surface area contributed by atoms with E-state index in [9.17, 15) is 10.1 Å². The van der Waals surface area contributed by atoms with Gasteiger partial charge in [0.05, 0.1) is 46.9 Å². The highest BCUT2D eigenvalue weighted by molar-refractivity contribution is 6.48. The molecule has 0 bridgehead atoms. The summed E-state index contributed by atoms with van der Waals surface area (Å²) in [6.07, 6.45) is 0. The molecule has 1 saturated heterocycles. The van der Waals surface area contributed by atoms with Crippen LogP contribution in [0.15, 0.2) is 82.8 Å². The number of hydrogen-bond acceptors (Lipinski definition) is 8. The van der Waals surface area contributed by atoms with Crippen molar-refractivity contribution in [2.24, 2.45) is 9.98 Å². The van der Waals surface area contributed by atoms with Crippen LogP contribution < -0.4 is 4.90 Å².